The number of oxime groups is 1. The Kier molecular flexibility index (Phi) is 36.5. The molecule has 0 radical (unpaired) electrons. The topological polar surface area (TPSA) is 623 Å². The molecule has 18 atom stereocenters. The van der Waals surface area contributed by atoms with Crippen LogP contribution >= 0.6 is 11.8 Å². The summed E-state index contributed by atoms with van der Waals surface area (Å²) in [5.74, 6) is -5.03. The van der Waals surface area contributed by atoms with E-state index in [0.717, 1.165) is 36.1 Å². The van der Waals surface area contributed by atoms with Crippen molar-refractivity contribution < 1.29 is 142 Å². The second-order valence-electron chi connectivity index (χ2n) is 25.8. The molecule has 5 saturated heterocycles. The van der Waals surface area contributed by atoms with E-state index in [9.17, 15) is 109 Å². The van der Waals surface area contributed by atoms with Crippen molar-refractivity contribution in [2.75, 3.05) is 97.8 Å². The minimum atomic E-state index is -1.81. The summed E-state index contributed by atoms with van der Waals surface area (Å²) < 4.78 is 31.4. The van der Waals surface area contributed by atoms with Crippen LogP contribution in [0.25, 0.3) is 0 Å². The normalized spacial score (nSPS) is 28.0. The summed E-state index contributed by atoms with van der Waals surface area (Å²) in [6.07, 6.45) is -23.4. The molecular formula is C63H100N12O29S. The van der Waals surface area contributed by atoms with Gasteiger partial charge in [0.1, 0.15) is 93.1 Å². The maximum atomic E-state index is 13.7. The number of thioether (sulfide) groups is 1. The predicted octanol–water partition coefficient (Wildman–Crippen LogP) is -10.8. The highest BCUT2D eigenvalue weighted by Crippen LogP contribution is 2.33. The van der Waals surface area contributed by atoms with Gasteiger partial charge in [-0.25, -0.2) is 4.79 Å². The Morgan fingerprint density at radius 2 is 0.838 bits per heavy atom. The van der Waals surface area contributed by atoms with Crippen LogP contribution in [0.5, 0.6) is 0 Å². The van der Waals surface area contributed by atoms with Crippen LogP contribution in [0, 0.1) is 5.41 Å². The van der Waals surface area contributed by atoms with E-state index in [0.29, 0.717) is 18.2 Å². The number of hydrogen-bond donors (Lipinski definition) is 23. The van der Waals surface area contributed by atoms with Gasteiger partial charge in [-0.2, -0.15) is 11.8 Å². The highest BCUT2D eigenvalue weighted by atomic mass is 32.2. The number of nitrogens with zero attached hydrogens (tertiary/aromatic N) is 1. The molecule has 5 aliphatic rings. The lowest BCUT2D eigenvalue weighted by Gasteiger charge is -2.39. The quantitative estimate of drug-likeness (QED) is 0.0125. The summed E-state index contributed by atoms with van der Waals surface area (Å²) >= 11 is 1.83. The Morgan fingerprint density at radius 1 is 0.467 bits per heavy atom. The van der Waals surface area contributed by atoms with Gasteiger partial charge in [-0.1, -0.05) is 35.8 Å². The van der Waals surface area contributed by atoms with E-state index in [1.54, 1.807) is 12.1 Å². The number of ether oxygens (including phenoxy) is 6. The number of rotatable bonds is 44. The molecule has 0 aromatic heterocycles. The predicted molar refractivity (Wildman–Crippen MR) is 359 cm³/mol. The first-order valence-electron chi connectivity index (χ1n) is 34.2. The van der Waals surface area contributed by atoms with Gasteiger partial charge in [0.15, 0.2) is 25.5 Å². The maximum absolute atomic E-state index is 13.7. The van der Waals surface area contributed by atoms with Gasteiger partial charge in [0, 0.05) is 107 Å². The van der Waals surface area contributed by atoms with Gasteiger partial charge in [-0.3, -0.25) is 43.2 Å². The molecule has 1 aromatic carbocycles. The average Bonchev–Trinajstić information content (AvgIpc) is 1.52. The van der Waals surface area contributed by atoms with Gasteiger partial charge < -0.3 is 153 Å². The van der Waals surface area contributed by atoms with Crippen molar-refractivity contribution >= 4 is 76.7 Å². The minimum absolute atomic E-state index is 0.0181. The summed E-state index contributed by atoms with van der Waals surface area (Å²) in [5, 5.41) is 153. The van der Waals surface area contributed by atoms with Crippen LogP contribution in [-0.2, 0) is 89.5 Å². The first-order valence-corrected chi connectivity index (χ1v) is 35.3. The Balaban J connectivity index is 1.02. The molecule has 0 saturated carbocycles. The largest absolute Gasteiger partial charge is 0.394 e. The number of carbonyl (C=O) groups is 10. The van der Waals surface area contributed by atoms with E-state index in [1.165, 1.54) is 6.92 Å². The Morgan fingerprint density at radius 3 is 1.24 bits per heavy atom. The van der Waals surface area contributed by atoms with E-state index in [1.807, 2.05) is 23.9 Å². The molecule has 105 heavy (non-hydrogen) atoms. The molecule has 42 heteroatoms. The number of carbonyl (C=O) groups excluding carboxylic acids is 10. The number of aliphatic hydroxyl groups is 12. The standard InChI is InChI=1S/C63H100N12O29S/c1-32(75-101-26-48(87)68-19-34-9-7-33(8-10-34)18-67-40(79)5-3-2-4-39-49-35(27-105-39)73-62(97)74-49)6-11-41(80)69-28-63(29-70-42(81)12-15-64-45(84)23-98-59-56(94)53(91)50(88)36(20-76)102-59,30-71-43(82)13-16-65-46(85)24-99-60-57(95)54(92)51(89)37(21-77)103-60)31-72-44(83)14-17-66-47(86)25-100-61-58(96)55(93)52(90)38(22-78)104-61/h7-10,35-39,49-61,76-78,88-96H,2-6,11-31H2,1H3,(H,64,84)(H,65,85)(H,66,86)(H,67,79)(H,68,87)(H,69,80)(H,70,81)(H,71,82)(H,72,83)(H2,73,74,97)/b75-32+/t35-,36+,37+,38+,39-,49-,50+,51+,52+,53-,54-,55-,56-,57+,58+,59+,60+,61+/m0/s1. The van der Waals surface area contributed by atoms with Gasteiger partial charge in [-0.05, 0) is 37.3 Å². The molecule has 41 nitrogen and oxygen atoms in total. The monoisotopic (exact) mass is 1520 g/mol. The van der Waals surface area contributed by atoms with Crippen molar-refractivity contribution in [1.82, 2.24) is 58.5 Å². The van der Waals surface area contributed by atoms with Crippen molar-refractivity contribution in [1.29, 1.82) is 0 Å². The molecule has 5 fully saturated rings. The van der Waals surface area contributed by atoms with E-state index in [2.05, 4.69) is 63.6 Å². The van der Waals surface area contributed by atoms with Crippen molar-refractivity contribution in [3.63, 3.8) is 0 Å². The highest BCUT2D eigenvalue weighted by molar-refractivity contribution is 8.00. The van der Waals surface area contributed by atoms with Crippen LogP contribution in [-0.4, -0.2) is 333 Å². The van der Waals surface area contributed by atoms with Gasteiger partial charge in [0.2, 0.25) is 47.3 Å². The molecule has 592 valence electrons. The number of aliphatic hydroxyl groups excluding tert-OH is 12. The molecule has 6 rings (SSSR count). The molecule has 5 aliphatic heterocycles. The lowest BCUT2D eigenvalue weighted by molar-refractivity contribution is -0.299. The molecule has 23 N–H and O–H groups in total. The second-order valence-corrected chi connectivity index (χ2v) is 27.0. The fourth-order valence-corrected chi connectivity index (χ4v) is 12.7. The first kappa shape index (κ1) is 86.7. The van der Waals surface area contributed by atoms with E-state index < -0.39 is 236 Å². The third-order valence-electron chi connectivity index (χ3n) is 17.6. The van der Waals surface area contributed by atoms with Crippen LogP contribution in [0.15, 0.2) is 29.4 Å². The Hall–Kier alpha value is -7.18. The van der Waals surface area contributed by atoms with Gasteiger partial charge in [0.05, 0.1) is 37.6 Å². The average molecular weight is 1520 g/mol. The van der Waals surface area contributed by atoms with Gasteiger partial charge in [-0.15, -0.1) is 0 Å². The molecule has 0 aliphatic carbocycles. The lowest BCUT2D eigenvalue weighted by Crippen LogP contribution is -2.59. The lowest BCUT2D eigenvalue weighted by atomic mass is 9.86. The van der Waals surface area contributed by atoms with Crippen molar-refractivity contribution in [3.8, 4) is 0 Å². The van der Waals surface area contributed by atoms with Crippen LogP contribution in [0.2, 0.25) is 0 Å². The SMILES string of the molecule is C/C(CCC(=O)NCC(CNC(=O)CCNC(=O)CO[C@@H]1O[C@H](CO)[C@@H](O)[C@H](O)[C@@H]1O)(CNC(=O)CCNC(=O)CO[C@@H]1O[C@H](CO)[C@@H](O)[C@H](O)[C@H]1O)CNC(=O)CCNC(=O)CO[C@@H]1O[C@H](CO)[C@@H](O)[C@H](O)[C@H]1O)=N\OCC(=O)NCc1ccc(CNC(=O)CCCC[C@@H]2SC[C@@H]3NC(=O)N[C@@H]32)cc1. The number of urea groups is 1. The zero-order chi connectivity index (χ0) is 76.8. The summed E-state index contributed by atoms with van der Waals surface area (Å²) in [5.41, 5.74) is 0.340. The molecule has 0 spiro atoms. The summed E-state index contributed by atoms with van der Waals surface area (Å²) in [7, 11) is 0. The Bertz CT molecular complexity index is 2840. The smallest absolute Gasteiger partial charge is 0.315 e. The van der Waals surface area contributed by atoms with E-state index in [-0.39, 0.29) is 68.8 Å². The highest BCUT2D eigenvalue weighted by Gasteiger charge is 2.47. The fourth-order valence-electron chi connectivity index (χ4n) is 11.2. The molecular weight excluding hydrogens is 1420 g/mol. The molecule has 0 bridgehead atoms. The molecule has 11 amide bonds. The summed E-state index contributed by atoms with van der Waals surface area (Å²) in [6, 6.07) is 7.39. The number of benzene rings is 1. The molecule has 5 heterocycles. The van der Waals surface area contributed by atoms with Crippen LogP contribution in [0.1, 0.15) is 75.8 Å². The zero-order valence-electron chi connectivity index (χ0n) is 57.7. The Labute approximate surface area is 606 Å². The van der Waals surface area contributed by atoms with E-state index in [4.69, 9.17) is 33.3 Å². The number of hydrogen-bond acceptors (Lipinski definition) is 31. The number of fused-ring (bicyclic) bond motifs is 1. The van der Waals surface area contributed by atoms with Crippen LogP contribution < -0.4 is 58.5 Å². The summed E-state index contributed by atoms with van der Waals surface area (Å²) in [6.45, 7) is -5.85. The number of unbranched alkanes of at least 4 members (excludes halogenated alkanes) is 1. The molecule has 0 unspecified atom stereocenters. The van der Waals surface area contributed by atoms with Crippen molar-refractivity contribution in [3.05, 3.63) is 35.4 Å². The van der Waals surface area contributed by atoms with Gasteiger partial charge >= 0.3 is 6.03 Å². The number of nitrogens with one attached hydrogen (secondary N) is 11. The van der Waals surface area contributed by atoms with Crippen molar-refractivity contribution in [2.45, 2.75) is 187 Å². The zero-order valence-corrected chi connectivity index (χ0v) is 58.6. The molecule has 1 aromatic rings. The van der Waals surface area contributed by atoms with Crippen LogP contribution in [0.4, 0.5) is 4.79 Å². The minimum Gasteiger partial charge on any atom is -0.394 e. The van der Waals surface area contributed by atoms with Crippen LogP contribution in [0.3, 0.4) is 0 Å². The third kappa shape index (κ3) is 28.5. The number of amides is 11. The fraction of sp³-hybridized carbons (Fsp3) is 0.730. The summed E-state index contributed by atoms with van der Waals surface area (Å²) in [4.78, 5) is 135. The second kappa shape index (κ2) is 44.2. The van der Waals surface area contributed by atoms with Gasteiger partial charge in [0.25, 0.3) is 5.91 Å². The van der Waals surface area contributed by atoms with Crippen molar-refractivity contribution in [2.24, 2.45) is 10.6 Å². The third-order valence-corrected chi connectivity index (χ3v) is 19.1. The first-order chi connectivity index (χ1) is 50.1. The van der Waals surface area contributed by atoms with E-state index >= 15 is 0 Å². The maximum Gasteiger partial charge on any atom is 0.315 e.